The van der Waals surface area contributed by atoms with Crippen LogP contribution in [0.3, 0.4) is 0 Å². The second-order valence-electron chi connectivity index (χ2n) is 3.12. The minimum atomic E-state index is -1.62. The third kappa shape index (κ3) is 2.16. The van der Waals surface area contributed by atoms with Crippen LogP contribution in [0, 0.1) is 9.81 Å². The molecule has 0 aromatic heterocycles. The molecule has 0 saturated carbocycles. The summed E-state index contributed by atoms with van der Waals surface area (Å²) in [7, 11) is 0. The highest BCUT2D eigenvalue weighted by atomic mass is 16.6. The smallest absolute Gasteiger partial charge is 0.337 e. The number of ether oxygens (including phenoxy) is 1. The predicted octanol–water partition coefficient (Wildman–Crippen LogP) is -1.07. The summed E-state index contributed by atoms with van der Waals surface area (Å²) in [4.78, 5) is 31.7. The maximum Gasteiger partial charge on any atom is 0.337 e. The minimum Gasteiger partial charge on any atom is -0.458 e. The van der Waals surface area contributed by atoms with Crippen molar-refractivity contribution in [3.05, 3.63) is 9.81 Å². The van der Waals surface area contributed by atoms with Gasteiger partial charge in [0.25, 0.3) is 0 Å². The zero-order valence-corrected chi connectivity index (χ0v) is 7.65. The molecule has 1 aliphatic heterocycles. The predicted molar refractivity (Wildman–Crippen MR) is 46.8 cm³/mol. The first-order valence-corrected chi connectivity index (χ1v) is 4.30. The van der Waals surface area contributed by atoms with Crippen LogP contribution in [0.4, 0.5) is 0 Å². The number of nitroso groups, excluding NO2 is 2. The van der Waals surface area contributed by atoms with E-state index in [4.69, 9.17) is 5.11 Å². The van der Waals surface area contributed by atoms with Crippen LogP contribution in [0.15, 0.2) is 10.4 Å². The van der Waals surface area contributed by atoms with Crippen molar-refractivity contribution in [2.24, 2.45) is 10.4 Å². The van der Waals surface area contributed by atoms with Gasteiger partial charge >= 0.3 is 5.97 Å². The van der Waals surface area contributed by atoms with E-state index in [2.05, 4.69) is 15.1 Å². The molecule has 8 heteroatoms. The van der Waals surface area contributed by atoms with Crippen molar-refractivity contribution in [3.63, 3.8) is 0 Å². The van der Waals surface area contributed by atoms with Crippen LogP contribution >= 0.6 is 0 Å². The average Bonchev–Trinajstić information content (AvgIpc) is 2.19. The van der Waals surface area contributed by atoms with Crippen molar-refractivity contribution in [1.29, 1.82) is 0 Å². The lowest BCUT2D eigenvalue weighted by molar-refractivity contribution is -0.166. The van der Waals surface area contributed by atoms with E-state index in [-0.39, 0.29) is 13.0 Å². The SMILES string of the molecule is O=NC1C(=O)OC(CCO)[C@@H](N=O)[C@@H]1O. The van der Waals surface area contributed by atoms with Crippen molar-refractivity contribution in [3.8, 4) is 0 Å². The summed E-state index contributed by atoms with van der Waals surface area (Å²) >= 11 is 0. The lowest BCUT2D eigenvalue weighted by Gasteiger charge is -2.32. The van der Waals surface area contributed by atoms with Crippen LogP contribution < -0.4 is 0 Å². The highest BCUT2D eigenvalue weighted by molar-refractivity contribution is 5.78. The average molecular weight is 218 g/mol. The second kappa shape index (κ2) is 4.89. The Bertz CT molecular complexity index is 270. The van der Waals surface area contributed by atoms with Gasteiger partial charge in [0, 0.05) is 13.0 Å². The maximum absolute atomic E-state index is 11.1. The molecule has 1 heterocycles. The molecule has 0 spiro atoms. The van der Waals surface area contributed by atoms with E-state index in [1.807, 2.05) is 0 Å². The number of rotatable bonds is 4. The van der Waals surface area contributed by atoms with E-state index in [0.29, 0.717) is 0 Å². The number of esters is 1. The van der Waals surface area contributed by atoms with Crippen molar-refractivity contribution < 1.29 is 19.7 Å². The number of hydrogen-bond acceptors (Lipinski definition) is 8. The first kappa shape index (κ1) is 11.7. The van der Waals surface area contributed by atoms with Gasteiger partial charge in [0.1, 0.15) is 12.2 Å². The molecule has 1 aliphatic rings. The first-order chi connectivity index (χ1) is 7.15. The molecular weight excluding hydrogens is 208 g/mol. The van der Waals surface area contributed by atoms with Gasteiger partial charge in [-0.05, 0) is 0 Å². The fourth-order valence-corrected chi connectivity index (χ4v) is 1.43. The van der Waals surface area contributed by atoms with Crippen LogP contribution in [0.25, 0.3) is 0 Å². The van der Waals surface area contributed by atoms with E-state index in [0.717, 1.165) is 0 Å². The third-order valence-electron chi connectivity index (χ3n) is 2.21. The van der Waals surface area contributed by atoms with Crippen LogP contribution in [0.5, 0.6) is 0 Å². The molecule has 0 aromatic rings. The Morgan fingerprint density at radius 2 is 2.00 bits per heavy atom. The van der Waals surface area contributed by atoms with E-state index >= 15 is 0 Å². The molecule has 0 aromatic carbocycles. The van der Waals surface area contributed by atoms with Gasteiger partial charge in [0.2, 0.25) is 6.04 Å². The zero-order valence-electron chi connectivity index (χ0n) is 7.65. The van der Waals surface area contributed by atoms with Crippen LogP contribution in [-0.4, -0.2) is 47.1 Å². The van der Waals surface area contributed by atoms with Gasteiger partial charge in [-0.2, -0.15) is 4.91 Å². The quantitative estimate of drug-likeness (QED) is 0.456. The van der Waals surface area contributed by atoms with Crippen LogP contribution in [0.1, 0.15) is 6.42 Å². The molecule has 1 rings (SSSR count). The Hall–Kier alpha value is -1.41. The lowest BCUT2D eigenvalue weighted by atomic mass is 9.94. The molecule has 1 saturated heterocycles. The molecular formula is C7H10N2O6. The highest BCUT2D eigenvalue weighted by Gasteiger charge is 2.47. The fraction of sp³-hybridized carbons (Fsp3) is 0.857. The van der Waals surface area contributed by atoms with E-state index < -0.39 is 30.3 Å². The number of aliphatic hydroxyl groups is 2. The summed E-state index contributed by atoms with van der Waals surface area (Å²) in [6.07, 6.45) is -2.61. The summed E-state index contributed by atoms with van der Waals surface area (Å²) in [5.41, 5.74) is 0. The number of carbonyl (C=O) groups is 1. The summed E-state index contributed by atoms with van der Waals surface area (Å²) < 4.78 is 4.66. The largest absolute Gasteiger partial charge is 0.458 e. The van der Waals surface area contributed by atoms with Gasteiger partial charge in [-0.15, -0.1) is 4.91 Å². The molecule has 4 atom stereocenters. The molecule has 84 valence electrons. The molecule has 2 N–H and O–H groups in total. The molecule has 2 unspecified atom stereocenters. The number of cyclic esters (lactones) is 1. The Labute approximate surface area is 84.2 Å². The van der Waals surface area contributed by atoms with Gasteiger partial charge in [0.15, 0.2) is 6.04 Å². The Balaban J connectivity index is 2.83. The fourth-order valence-electron chi connectivity index (χ4n) is 1.43. The van der Waals surface area contributed by atoms with Gasteiger partial charge in [-0.1, -0.05) is 10.4 Å². The summed E-state index contributed by atoms with van der Waals surface area (Å²) in [5, 5.41) is 23.0. The van der Waals surface area contributed by atoms with Gasteiger partial charge in [0.05, 0.1) is 0 Å². The van der Waals surface area contributed by atoms with Crippen molar-refractivity contribution in [2.75, 3.05) is 6.61 Å². The Kier molecular flexibility index (Phi) is 3.81. The molecule has 0 amide bonds. The Morgan fingerprint density at radius 3 is 2.47 bits per heavy atom. The highest BCUT2D eigenvalue weighted by Crippen LogP contribution is 2.23. The normalized spacial score (nSPS) is 35.7. The first-order valence-electron chi connectivity index (χ1n) is 4.30. The number of carbonyl (C=O) groups excluding carboxylic acids is 1. The minimum absolute atomic E-state index is 0.0230. The summed E-state index contributed by atoms with van der Waals surface area (Å²) in [6, 6.07) is -2.89. The zero-order chi connectivity index (χ0) is 11.4. The van der Waals surface area contributed by atoms with Gasteiger partial charge < -0.3 is 14.9 Å². The molecule has 15 heavy (non-hydrogen) atoms. The van der Waals surface area contributed by atoms with E-state index in [9.17, 15) is 19.7 Å². The van der Waals surface area contributed by atoms with E-state index in [1.54, 1.807) is 0 Å². The van der Waals surface area contributed by atoms with Crippen molar-refractivity contribution >= 4 is 5.97 Å². The molecule has 0 bridgehead atoms. The van der Waals surface area contributed by atoms with Crippen LogP contribution in [0.2, 0.25) is 0 Å². The third-order valence-corrected chi connectivity index (χ3v) is 2.21. The van der Waals surface area contributed by atoms with Gasteiger partial charge in [-0.3, -0.25) is 0 Å². The molecule has 1 fully saturated rings. The van der Waals surface area contributed by atoms with Crippen molar-refractivity contribution in [1.82, 2.24) is 0 Å². The topological polar surface area (TPSA) is 126 Å². The second-order valence-corrected chi connectivity index (χ2v) is 3.12. The number of nitrogens with zero attached hydrogens (tertiary/aromatic N) is 2. The molecule has 8 nitrogen and oxygen atoms in total. The van der Waals surface area contributed by atoms with Crippen molar-refractivity contribution in [2.45, 2.75) is 30.7 Å². The lowest BCUT2D eigenvalue weighted by Crippen LogP contribution is -2.54. The monoisotopic (exact) mass is 218 g/mol. The number of aliphatic hydroxyl groups excluding tert-OH is 2. The standard InChI is InChI=1S/C7H10N2O6/c10-2-1-3-4(8-13)6(11)5(9-14)7(12)15-3/h3-6,10-11H,1-2H2/t3?,4-,5?,6+/m1/s1. The summed E-state index contributed by atoms with van der Waals surface area (Å²) in [6.45, 7) is -0.324. The van der Waals surface area contributed by atoms with E-state index in [1.165, 1.54) is 0 Å². The van der Waals surface area contributed by atoms with Crippen LogP contribution in [-0.2, 0) is 9.53 Å². The molecule has 0 aliphatic carbocycles. The summed E-state index contributed by atoms with van der Waals surface area (Å²) in [5.74, 6) is -1.00. The number of hydrogen-bond donors (Lipinski definition) is 2. The Morgan fingerprint density at radius 1 is 1.33 bits per heavy atom. The maximum atomic E-state index is 11.1. The molecule has 0 radical (unpaired) electrons. The van der Waals surface area contributed by atoms with Gasteiger partial charge in [-0.25, -0.2) is 4.79 Å².